The van der Waals surface area contributed by atoms with Gasteiger partial charge in [-0.1, -0.05) is 36.8 Å². The Hall–Kier alpha value is -1.35. The summed E-state index contributed by atoms with van der Waals surface area (Å²) in [6.07, 6.45) is 6.91. The van der Waals surface area contributed by atoms with Gasteiger partial charge in [0.2, 0.25) is 5.91 Å². The van der Waals surface area contributed by atoms with Crippen LogP contribution in [0.1, 0.15) is 44.1 Å². The second kappa shape index (κ2) is 7.29. The number of carbonyl (C=O) groups is 1. The SMILES string of the molecule is NC1CC(NC(=O)CCCCCc2ccccc2)C1. The molecule has 1 amide bonds. The van der Waals surface area contributed by atoms with Crippen LogP contribution in [-0.2, 0) is 11.2 Å². The molecule has 0 aliphatic heterocycles. The zero-order chi connectivity index (χ0) is 13.5. The van der Waals surface area contributed by atoms with E-state index in [1.165, 1.54) is 5.56 Å². The highest BCUT2D eigenvalue weighted by Gasteiger charge is 2.26. The van der Waals surface area contributed by atoms with Crippen molar-refractivity contribution >= 4 is 5.91 Å². The van der Waals surface area contributed by atoms with E-state index in [2.05, 4.69) is 29.6 Å². The van der Waals surface area contributed by atoms with Crippen LogP contribution in [0.5, 0.6) is 0 Å². The number of aryl methyl sites for hydroxylation is 1. The Kier molecular flexibility index (Phi) is 5.40. The number of amides is 1. The number of nitrogens with two attached hydrogens (primary N) is 1. The first-order valence-corrected chi connectivity index (χ1v) is 7.33. The molecular weight excluding hydrogens is 236 g/mol. The maximum atomic E-state index is 11.6. The maximum Gasteiger partial charge on any atom is 0.220 e. The largest absolute Gasteiger partial charge is 0.353 e. The van der Waals surface area contributed by atoms with Crippen LogP contribution in [0.15, 0.2) is 30.3 Å². The molecule has 0 atom stereocenters. The first kappa shape index (κ1) is 14.1. The Morgan fingerprint density at radius 2 is 1.89 bits per heavy atom. The topological polar surface area (TPSA) is 55.1 Å². The second-order valence-corrected chi connectivity index (χ2v) is 5.54. The van der Waals surface area contributed by atoms with Gasteiger partial charge in [0.1, 0.15) is 0 Å². The number of benzene rings is 1. The maximum absolute atomic E-state index is 11.6. The summed E-state index contributed by atoms with van der Waals surface area (Å²) in [7, 11) is 0. The van der Waals surface area contributed by atoms with Crippen molar-refractivity contribution in [3.05, 3.63) is 35.9 Å². The van der Waals surface area contributed by atoms with Gasteiger partial charge in [0, 0.05) is 18.5 Å². The van der Waals surface area contributed by atoms with Crippen molar-refractivity contribution in [2.24, 2.45) is 5.73 Å². The van der Waals surface area contributed by atoms with Gasteiger partial charge in [-0.2, -0.15) is 0 Å². The van der Waals surface area contributed by atoms with Gasteiger partial charge in [-0.25, -0.2) is 0 Å². The van der Waals surface area contributed by atoms with Crippen molar-refractivity contribution in [1.82, 2.24) is 5.32 Å². The molecule has 3 nitrogen and oxygen atoms in total. The van der Waals surface area contributed by atoms with Crippen molar-refractivity contribution < 1.29 is 4.79 Å². The molecule has 104 valence electrons. The molecule has 3 heteroatoms. The summed E-state index contributed by atoms with van der Waals surface area (Å²) in [4.78, 5) is 11.6. The average Bonchev–Trinajstić information content (AvgIpc) is 2.38. The third-order valence-electron chi connectivity index (χ3n) is 3.75. The highest BCUT2D eigenvalue weighted by Crippen LogP contribution is 2.17. The van der Waals surface area contributed by atoms with Crippen molar-refractivity contribution in [2.75, 3.05) is 0 Å². The normalized spacial score (nSPS) is 21.7. The molecule has 1 aliphatic carbocycles. The van der Waals surface area contributed by atoms with Crippen molar-refractivity contribution in [2.45, 2.75) is 57.0 Å². The summed E-state index contributed by atoms with van der Waals surface area (Å²) in [6.45, 7) is 0. The number of rotatable bonds is 7. The van der Waals surface area contributed by atoms with Crippen LogP contribution in [0.2, 0.25) is 0 Å². The van der Waals surface area contributed by atoms with Gasteiger partial charge in [-0.15, -0.1) is 0 Å². The Morgan fingerprint density at radius 1 is 1.16 bits per heavy atom. The molecule has 0 saturated heterocycles. The lowest BCUT2D eigenvalue weighted by Crippen LogP contribution is -2.50. The molecule has 0 heterocycles. The van der Waals surface area contributed by atoms with Gasteiger partial charge in [-0.3, -0.25) is 4.79 Å². The minimum Gasteiger partial charge on any atom is -0.353 e. The van der Waals surface area contributed by atoms with Crippen LogP contribution in [-0.4, -0.2) is 18.0 Å². The molecular formula is C16H24N2O. The van der Waals surface area contributed by atoms with Crippen LogP contribution in [0, 0.1) is 0 Å². The van der Waals surface area contributed by atoms with Crippen LogP contribution in [0.4, 0.5) is 0 Å². The van der Waals surface area contributed by atoms with E-state index < -0.39 is 0 Å². The fourth-order valence-electron chi connectivity index (χ4n) is 2.52. The van der Waals surface area contributed by atoms with E-state index in [0.717, 1.165) is 38.5 Å². The highest BCUT2D eigenvalue weighted by atomic mass is 16.1. The fourth-order valence-corrected chi connectivity index (χ4v) is 2.52. The van der Waals surface area contributed by atoms with Crippen molar-refractivity contribution in [3.63, 3.8) is 0 Å². The highest BCUT2D eigenvalue weighted by molar-refractivity contribution is 5.76. The number of hydrogen-bond acceptors (Lipinski definition) is 2. The number of carbonyl (C=O) groups excluding carboxylic acids is 1. The molecule has 0 unspecified atom stereocenters. The predicted molar refractivity (Wildman–Crippen MR) is 77.8 cm³/mol. The molecule has 1 aliphatic rings. The first-order valence-electron chi connectivity index (χ1n) is 7.33. The smallest absolute Gasteiger partial charge is 0.220 e. The summed E-state index contributed by atoms with van der Waals surface area (Å²) in [6, 6.07) is 11.2. The standard InChI is InChI=1S/C16H24N2O/c17-14-11-15(12-14)18-16(19)10-6-2-5-9-13-7-3-1-4-8-13/h1,3-4,7-8,14-15H,2,5-6,9-12,17H2,(H,18,19). The van der Waals surface area contributed by atoms with Crippen LogP contribution in [0.25, 0.3) is 0 Å². The predicted octanol–water partition coefficient (Wildman–Crippen LogP) is 2.40. The third kappa shape index (κ3) is 5.03. The van der Waals surface area contributed by atoms with E-state index in [1.807, 2.05) is 6.07 Å². The molecule has 19 heavy (non-hydrogen) atoms. The van der Waals surface area contributed by atoms with Gasteiger partial charge in [0.05, 0.1) is 0 Å². The van der Waals surface area contributed by atoms with Crippen LogP contribution in [0.3, 0.4) is 0 Å². The van der Waals surface area contributed by atoms with Gasteiger partial charge in [-0.05, 0) is 37.7 Å². The van der Waals surface area contributed by atoms with Gasteiger partial charge < -0.3 is 11.1 Å². The van der Waals surface area contributed by atoms with E-state index >= 15 is 0 Å². The number of unbranched alkanes of at least 4 members (excludes halogenated alkanes) is 2. The number of nitrogens with one attached hydrogen (secondary N) is 1. The lowest BCUT2D eigenvalue weighted by molar-refractivity contribution is -0.122. The lowest BCUT2D eigenvalue weighted by Gasteiger charge is -2.32. The lowest BCUT2D eigenvalue weighted by atomic mass is 9.87. The van der Waals surface area contributed by atoms with Crippen LogP contribution >= 0.6 is 0 Å². The molecule has 0 spiro atoms. The molecule has 0 bridgehead atoms. The number of hydrogen-bond donors (Lipinski definition) is 2. The van der Waals surface area contributed by atoms with E-state index in [4.69, 9.17) is 5.73 Å². The summed E-state index contributed by atoms with van der Waals surface area (Å²) in [5.41, 5.74) is 7.07. The van der Waals surface area contributed by atoms with Crippen LogP contribution < -0.4 is 11.1 Å². The molecule has 1 aromatic carbocycles. The summed E-state index contributed by atoms with van der Waals surface area (Å²) in [5, 5.41) is 3.04. The molecule has 0 radical (unpaired) electrons. The second-order valence-electron chi connectivity index (χ2n) is 5.54. The molecule has 2 rings (SSSR count). The molecule has 1 saturated carbocycles. The molecule has 3 N–H and O–H groups in total. The Labute approximate surface area is 115 Å². The Morgan fingerprint density at radius 3 is 2.58 bits per heavy atom. The Balaban J connectivity index is 1.49. The quantitative estimate of drug-likeness (QED) is 0.740. The van der Waals surface area contributed by atoms with Gasteiger partial charge in [0.15, 0.2) is 0 Å². The molecule has 1 aromatic rings. The summed E-state index contributed by atoms with van der Waals surface area (Å²) in [5.74, 6) is 0.191. The fraction of sp³-hybridized carbons (Fsp3) is 0.562. The summed E-state index contributed by atoms with van der Waals surface area (Å²) < 4.78 is 0. The minimum absolute atomic E-state index is 0.191. The minimum atomic E-state index is 0.191. The zero-order valence-electron chi connectivity index (χ0n) is 11.5. The monoisotopic (exact) mass is 260 g/mol. The third-order valence-corrected chi connectivity index (χ3v) is 3.75. The van der Waals surface area contributed by atoms with E-state index in [9.17, 15) is 4.79 Å². The van der Waals surface area contributed by atoms with Crippen molar-refractivity contribution in [1.29, 1.82) is 0 Å². The van der Waals surface area contributed by atoms with E-state index in [0.29, 0.717) is 18.5 Å². The first-order chi connectivity index (χ1) is 9.24. The Bertz CT molecular complexity index is 385. The van der Waals surface area contributed by atoms with E-state index in [-0.39, 0.29) is 5.91 Å². The molecule has 1 fully saturated rings. The zero-order valence-corrected chi connectivity index (χ0v) is 11.5. The van der Waals surface area contributed by atoms with E-state index in [1.54, 1.807) is 0 Å². The average molecular weight is 260 g/mol. The van der Waals surface area contributed by atoms with Crippen molar-refractivity contribution in [3.8, 4) is 0 Å². The summed E-state index contributed by atoms with van der Waals surface area (Å²) >= 11 is 0. The van der Waals surface area contributed by atoms with Gasteiger partial charge >= 0.3 is 0 Å². The van der Waals surface area contributed by atoms with Gasteiger partial charge in [0.25, 0.3) is 0 Å². The molecule has 0 aromatic heterocycles.